The quantitative estimate of drug-likeness (QED) is 0.702. The molecule has 0 spiro atoms. The molecule has 0 aromatic rings. The third-order valence-electron chi connectivity index (χ3n) is 2.69. The Hall–Kier alpha value is -0.120. The molecule has 0 radical (unpaired) electrons. The Morgan fingerprint density at radius 3 is 2.79 bits per heavy atom. The first-order valence-corrected chi connectivity index (χ1v) is 5.46. The lowest BCUT2D eigenvalue weighted by atomic mass is 9.88. The number of hydrogen-bond acceptors (Lipinski definition) is 3. The fourth-order valence-corrected chi connectivity index (χ4v) is 1.89. The highest BCUT2D eigenvalue weighted by Crippen LogP contribution is 2.27. The average Bonchev–Trinajstić information content (AvgIpc) is 2.53. The summed E-state index contributed by atoms with van der Waals surface area (Å²) in [5.41, 5.74) is 0.226. The van der Waals surface area contributed by atoms with E-state index in [0.29, 0.717) is 5.92 Å². The van der Waals surface area contributed by atoms with Gasteiger partial charge in [0.05, 0.1) is 13.2 Å². The zero-order valence-electron chi connectivity index (χ0n) is 9.64. The van der Waals surface area contributed by atoms with Crippen LogP contribution in [0.25, 0.3) is 0 Å². The molecule has 1 rings (SSSR count). The van der Waals surface area contributed by atoms with Crippen LogP contribution in [0.3, 0.4) is 0 Å². The van der Waals surface area contributed by atoms with E-state index in [9.17, 15) is 0 Å². The van der Waals surface area contributed by atoms with Gasteiger partial charge < -0.3 is 14.8 Å². The summed E-state index contributed by atoms with van der Waals surface area (Å²) >= 11 is 0. The monoisotopic (exact) mass is 201 g/mol. The van der Waals surface area contributed by atoms with Crippen molar-refractivity contribution in [3.8, 4) is 0 Å². The Morgan fingerprint density at radius 1 is 1.50 bits per heavy atom. The van der Waals surface area contributed by atoms with E-state index in [2.05, 4.69) is 19.2 Å². The van der Waals surface area contributed by atoms with Crippen LogP contribution in [0, 0.1) is 11.3 Å². The maximum atomic E-state index is 5.45. The molecule has 1 unspecified atom stereocenters. The van der Waals surface area contributed by atoms with Gasteiger partial charge in [-0.25, -0.2) is 0 Å². The van der Waals surface area contributed by atoms with Crippen LogP contribution in [-0.2, 0) is 9.47 Å². The Bertz CT molecular complexity index is 153. The van der Waals surface area contributed by atoms with Gasteiger partial charge in [0.15, 0.2) is 0 Å². The van der Waals surface area contributed by atoms with Crippen LogP contribution in [0.5, 0.6) is 0 Å². The van der Waals surface area contributed by atoms with Gasteiger partial charge in [-0.15, -0.1) is 0 Å². The largest absolute Gasteiger partial charge is 0.384 e. The topological polar surface area (TPSA) is 30.5 Å². The van der Waals surface area contributed by atoms with Crippen molar-refractivity contribution < 1.29 is 9.47 Å². The fourth-order valence-electron chi connectivity index (χ4n) is 1.89. The normalized spacial score (nSPS) is 27.4. The van der Waals surface area contributed by atoms with Gasteiger partial charge in [-0.1, -0.05) is 13.8 Å². The standard InChI is InChI=1S/C11H23NO2/c1-10(2)6-12-7-11(8-13-3)4-5-14-9-11/h10,12H,4-9H2,1-3H3. The summed E-state index contributed by atoms with van der Waals surface area (Å²) in [6.45, 7) is 9.06. The van der Waals surface area contributed by atoms with E-state index in [1.165, 1.54) is 0 Å². The number of methoxy groups -OCH3 is 1. The predicted molar refractivity (Wildman–Crippen MR) is 57.5 cm³/mol. The van der Waals surface area contributed by atoms with Crippen molar-refractivity contribution in [3.63, 3.8) is 0 Å². The predicted octanol–water partition coefficient (Wildman–Crippen LogP) is 1.29. The molecule has 0 saturated carbocycles. The fraction of sp³-hybridized carbons (Fsp3) is 1.00. The van der Waals surface area contributed by atoms with Crippen LogP contribution in [-0.4, -0.2) is 40.0 Å². The third-order valence-corrected chi connectivity index (χ3v) is 2.69. The van der Waals surface area contributed by atoms with Gasteiger partial charge >= 0.3 is 0 Å². The molecule has 0 bridgehead atoms. The maximum Gasteiger partial charge on any atom is 0.0557 e. The zero-order valence-corrected chi connectivity index (χ0v) is 9.64. The molecule has 0 aromatic heterocycles. The lowest BCUT2D eigenvalue weighted by Gasteiger charge is -2.27. The van der Waals surface area contributed by atoms with Gasteiger partial charge in [0.25, 0.3) is 0 Å². The van der Waals surface area contributed by atoms with Gasteiger partial charge in [0, 0.05) is 25.7 Å². The number of ether oxygens (including phenoxy) is 2. The van der Waals surface area contributed by atoms with Crippen molar-refractivity contribution in [3.05, 3.63) is 0 Å². The lowest BCUT2D eigenvalue weighted by molar-refractivity contribution is 0.0621. The third kappa shape index (κ3) is 3.56. The summed E-state index contributed by atoms with van der Waals surface area (Å²) in [4.78, 5) is 0. The van der Waals surface area contributed by atoms with Crippen LogP contribution >= 0.6 is 0 Å². The molecule has 14 heavy (non-hydrogen) atoms. The Labute approximate surface area is 87.2 Å². The van der Waals surface area contributed by atoms with Crippen molar-refractivity contribution in [2.45, 2.75) is 20.3 Å². The molecule has 1 atom stereocenters. The summed E-state index contributed by atoms with van der Waals surface area (Å²) < 4.78 is 10.7. The SMILES string of the molecule is COCC1(CNCC(C)C)CCOC1. The van der Waals surface area contributed by atoms with E-state index in [1.54, 1.807) is 7.11 Å². The van der Waals surface area contributed by atoms with Gasteiger partial charge in [0.1, 0.15) is 0 Å². The zero-order chi connectivity index (χ0) is 10.4. The van der Waals surface area contributed by atoms with Crippen LogP contribution in [0.1, 0.15) is 20.3 Å². The molecule has 0 aliphatic carbocycles. The van der Waals surface area contributed by atoms with Crippen LogP contribution in [0.4, 0.5) is 0 Å². The minimum absolute atomic E-state index is 0.226. The van der Waals surface area contributed by atoms with Crippen LogP contribution in [0.2, 0.25) is 0 Å². The van der Waals surface area contributed by atoms with Crippen molar-refractivity contribution in [2.24, 2.45) is 11.3 Å². The summed E-state index contributed by atoms with van der Waals surface area (Å²) in [5.74, 6) is 0.705. The van der Waals surface area contributed by atoms with E-state index in [-0.39, 0.29) is 5.41 Å². The molecule has 1 N–H and O–H groups in total. The Balaban J connectivity index is 2.28. The van der Waals surface area contributed by atoms with E-state index >= 15 is 0 Å². The molecule has 84 valence electrons. The molecular formula is C11H23NO2. The molecule has 1 aliphatic rings. The van der Waals surface area contributed by atoms with Gasteiger partial charge in [0.2, 0.25) is 0 Å². The Kier molecular flexibility index (Phi) is 4.85. The summed E-state index contributed by atoms with van der Waals surface area (Å²) in [5, 5.41) is 3.49. The number of nitrogens with one attached hydrogen (secondary N) is 1. The molecule has 3 nitrogen and oxygen atoms in total. The van der Waals surface area contributed by atoms with Gasteiger partial charge in [-0.3, -0.25) is 0 Å². The highest BCUT2D eigenvalue weighted by atomic mass is 16.5. The molecule has 3 heteroatoms. The smallest absolute Gasteiger partial charge is 0.0557 e. The summed E-state index contributed by atoms with van der Waals surface area (Å²) in [7, 11) is 1.77. The average molecular weight is 201 g/mol. The minimum Gasteiger partial charge on any atom is -0.384 e. The second kappa shape index (κ2) is 5.69. The minimum atomic E-state index is 0.226. The number of rotatable bonds is 6. The van der Waals surface area contributed by atoms with E-state index in [1.807, 2.05) is 0 Å². The molecule has 1 saturated heterocycles. The highest BCUT2D eigenvalue weighted by Gasteiger charge is 2.34. The van der Waals surface area contributed by atoms with E-state index in [0.717, 1.165) is 39.3 Å². The molecule has 1 fully saturated rings. The first-order valence-electron chi connectivity index (χ1n) is 5.46. The van der Waals surface area contributed by atoms with E-state index in [4.69, 9.17) is 9.47 Å². The second-order valence-corrected chi connectivity index (χ2v) is 4.76. The molecule has 0 aromatic carbocycles. The van der Waals surface area contributed by atoms with Crippen molar-refractivity contribution in [1.82, 2.24) is 5.32 Å². The second-order valence-electron chi connectivity index (χ2n) is 4.76. The highest BCUT2D eigenvalue weighted by molar-refractivity contribution is 4.85. The molecule has 0 amide bonds. The Morgan fingerprint density at radius 2 is 2.29 bits per heavy atom. The molecule has 1 heterocycles. The summed E-state index contributed by atoms with van der Waals surface area (Å²) in [6.07, 6.45) is 1.12. The van der Waals surface area contributed by atoms with Crippen molar-refractivity contribution in [2.75, 3.05) is 40.0 Å². The first kappa shape index (κ1) is 12.0. The van der Waals surface area contributed by atoms with Gasteiger partial charge in [-0.2, -0.15) is 0 Å². The molecular weight excluding hydrogens is 178 g/mol. The number of hydrogen-bond donors (Lipinski definition) is 1. The lowest BCUT2D eigenvalue weighted by Crippen LogP contribution is -2.39. The maximum absolute atomic E-state index is 5.45. The summed E-state index contributed by atoms with van der Waals surface area (Å²) in [6, 6.07) is 0. The van der Waals surface area contributed by atoms with Crippen LogP contribution in [0.15, 0.2) is 0 Å². The van der Waals surface area contributed by atoms with Crippen molar-refractivity contribution in [1.29, 1.82) is 0 Å². The van der Waals surface area contributed by atoms with E-state index < -0.39 is 0 Å². The van der Waals surface area contributed by atoms with Gasteiger partial charge in [-0.05, 0) is 18.9 Å². The van der Waals surface area contributed by atoms with Crippen molar-refractivity contribution >= 4 is 0 Å². The first-order chi connectivity index (χ1) is 6.68. The van der Waals surface area contributed by atoms with Crippen LogP contribution < -0.4 is 5.32 Å². The molecule has 1 aliphatic heterocycles.